The Balaban J connectivity index is 2.02. The van der Waals surface area contributed by atoms with Crippen molar-refractivity contribution < 1.29 is 9.59 Å². The minimum absolute atomic E-state index is 0.0244. The molecular weight excluding hydrogens is 254 g/mol. The summed E-state index contributed by atoms with van der Waals surface area (Å²) in [5, 5.41) is 2.87. The van der Waals surface area contributed by atoms with Crippen LogP contribution in [0.2, 0.25) is 0 Å². The van der Waals surface area contributed by atoms with Gasteiger partial charge in [0.05, 0.1) is 0 Å². The molecule has 5 heteroatoms. The molecule has 0 fully saturated rings. The van der Waals surface area contributed by atoms with E-state index in [4.69, 9.17) is 5.73 Å². The van der Waals surface area contributed by atoms with Crippen LogP contribution in [0.5, 0.6) is 0 Å². The SMILES string of the molecule is CC(=O)N1CCc2cc(NC(=O)CCC(C)N)ccc21. The van der Waals surface area contributed by atoms with E-state index in [-0.39, 0.29) is 17.9 Å². The number of fused-ring (bicyclic) bond motifs is 1. The highest BCUT2D eigenvalue weighted by Gasteiger charge is 2.22. The lowest BCUT2D eigenvalue weighted by atomic mass is 10.1. The van der Waals surface area contributed by atoms with Gasteiger partial charge < -0.3 is 16.0 Å². The van der Waals surface area contributed by atoms with Crippen molar-refractivity contribution in [3.63, 3.8) is 0 Å². The Bertz CT molecular complexity index is 526. The molecule has 1 unspecified atom stereocenters. The van der Waals surface area contributed by atoms with Crippen LogP contribution in [0, 0.1) is 0 Å². The summed E-state index contributed by atoms with van der Waals surface area (Å²) in [6.45, 7) is 4.17. The predicted octanol–water partition coefficient (Wildman–Crippen LogP) is 1.66. The lowest BCUT2D eigenvalue weighted by molar-refractivity contribution is -0.117. The van der Waals surface area contributed by atoms with Gasteiger partial charge in [-0.2, -0.15) is 0 Å². The maximum absolute atomic E-state index is 11.8. The van der Waals surface area contributed by atoms with Crippen molar-refractivity contribution >= 4 is 23.2 Å². The van der Waals surface area contributed by atoms with Gasteiger partial charge in [0.15, 0.2) is 0 Å². The smallest absolute Gasteiger partial charge is 0.224 e. The van der Waals surface area contributed by atoms with Crippen molar-refractivity contribution in [2.45, 2.75) is 39.2 Å². The zero-order valence-electron chi connectivity index (χ0n) is 12.0. The lowest BCUT2D eigenvalue weighted by Gasteiger charge is -2.15. The molecule has 2 rings (SSSR count). The van der Waals surface area contributed by atoms with Crippen LogP contribution in [-0.4, -0.2) is 24.4 Å². The van der Waals surface area contributed by atoms with Gasteiger partial charge in [0.2, 0.25) is 11.8 Å². The van der Waals surface area contributed by atoms with Gasteiger partial charge in [0.25, 0.3) is 0 Å². The van der Waals surface area contributed by atoms with E-state index >= 15 is 0 Å². The second kappa shape index (κ2) is 6.05. The molecular formula is C15H21N3O2. The monoisotopic (exact) mass is 275 g/mol. The van der Waals surface area contributed by atoms with Gasteiger partial charge in [-0.1, -0.05) is 0 Å². The molecule has 3 N–H and O–H groups in total. The number of hydrogen-bond donors (Lipinski definition) is 2. The Hall–Kier alpha value is -1.88. The Morgan fingerprint density at radius 3 is 2.85 bits per heavy atom. The van der Waals surface area contributed by atoms with Crippen molar-refractivity contribution in [1.82, 2.24) is 0 Å². The number of amides is 2. The van der Waals surface area contributed by atoms with E-state index in [9.17, 15) is 9.59 Å². The quantitative estimate of drug-likeness (QED) is 0.877. The van der Waals surface area contributed by atoms with Crippen LogP contribution in [0.15, 0.2) is 18.2 Å². The molecule has 1 aliphatic rings. The van der Waals surface area contributed by atoms with E-state index in [1.54, 1.807) is 11.8 Å². The number of hydrogen-bond acceptors (Lipinski definition) is 3. The van der Waals surface area contributed by atoms with Crippen LogP contribution in [0.3, 0.4) is 0 Å². The zero-order valence-corrected chi connectivity index (χ0v) is 12.0. The van der Waals surface area contributed by atoms with E-state index < -0.39 is 0 Å². The molecule has 5 nitrogen and oxygen atoms in total. The fourth-order valence-electron chi connectivity index (χ4n) is 2.39. The number of anilines is 2. The van der Waals surface area contributed by atoms with Crippen molar-refractivity contribution in [3.05, 3.63) is 23.8 Å². The third kappa shape index (κ3) is 3.36. The molecule has 1 atom stereocenters. The molecule has 0 spiro atoms. The fraction of sp³-hybridized carbons (Fsp3) is 0.467. The van der Waals surface area contributed by atoms with Gasteiger partial charge in [-0.05, 0) is 43.5 Å². The van der Waals surface area contributed by atoms with Crippen molar-refractivity contribution in [3.8, 4) is 0 Å². The summed E-state index contributed by atoms with van der Waals surface area (Å²) < 4.78 is 0. The molecule has 2 amide bonds. The maximum Gasteiger partial charge on any atom is 0.224 e. The van der Waals surface area contributed by atoms with Crippen LogP contribution >= 0.6 is 0 Å². The first-order chi connectivity index (χ1) is 9.47. The summed E-state index contributed by atoms with van der Waals surface area (Å²) in [6, 6.07) is 5.71. The molecule has 1 aliphatic heterocycles. The van der Waals surface area contributed by atoms with E-state index in [0.717, 1.165) is 23.4 Å². The highest BCUT2D eigenvalue weighted by Crippen LogP contribution is 2.30. The lowest BCUT2D eigenvalue weighted by Crippen LogP contribution is -2.25. The standard InChI is InChI=1S/C15H21N3O2/c1-10(16)3-6-15(20)17-13-4-5-14-12(9-13)7-8-18(14)11(2)19/h4-5,9-10H,3,6-8,16H2,1-2H3,(H,17,20). The average Bonchev–Trinajstić information content (AvgIpc) is 2.79. The van der Waals surface area contributed by atoms with Crippen molar-refractivity contribution in [2.24, 2.45) is 5.73 Å². The van der Waals surface area contributed by atoms with Crippen LogP contribution in [0.25, 0.3) is 0 Å². The van der Waals surface area contributed by atoms with Gasteiger partial charge in [-0.25, -0.2) is 0 Å². The Morgan fingerprint density at radius 2 is 2.20 bits per heavy atom. The third-order valence-corrected chi connectivity index (χ3v) is 3.47. The number of carbonyl (C=O) groups excluding carboxylic acids is 2. The van der Waals surface area contributed by atoms with E-state index in [1.807, 2.05) is 25.1 Å². The number of rotatable bonds is 4. The molecule has 108 valence electrons. The number of benzene rings is 1. The van der Waals surface area contributed by atoms with Gasteiger partial charge >= 0.3 is 0 Å². The summed E-state index contributed by atoms with van der Waals surface area (Å²) in [5.74, 6) is 0.0288. The normalized spacial score (nSPS) is 14.8. The average molecular weight is 275 g/mol. The Morgan fingerprint density at radius 1 is 1.45 bits per heavy atom. The number of carbonyl (C=O) groups is 2. The predicted molar refractivity (Wildman–Crippen MR) is 79.7 cm³/mol. The summed E-state index contributed by atoms with van der Waals surface area (Å²) >= 11 is 0. The molecule has 0 saturated heterocycles. The van der Waals surface area contributed by atoms with Crippen LogP contribution in [0.1, 0.15) is 32.3 Å². The molecule has 0 aliphatic carbocycles. The minimum Gasteiger partial charge on any atom is -0.328 e. The Kier molecular flexibility index (Phi) is 4.39. The second-order valence-electron chi connectivity index (χ2n) is 5.33. The van der Waals surface area contributed by atoms with E-state index in [2.05, 4.69) is 5.32 Å². The first-order valence-corrected chi connectivity index (χ1v) is 6.94. The summed E-state index contributed by atoms with van der Waals surface area (Å²) in [7, 11) is 0. The fourth-order valence-corrected chi connectivity index (χ4v) is 2.39. The number of nitrogens with two attached hydrogens (primary N) is 1. The van der Waals surface area contributed by atoms with E-state index in [0.29, 0.717) is 19.4 Å². The largest absolute Gasteiger partial charge is 0.328 e. The molecule has 0 bridgehead atoms. The van der Waals surface area contributed by atoms with Crippen molar-refractivity contribution in [2.75, 3.05) is 16.8 Å². The maximum atomic E-state index is 11.8. The summed E-state index contributed by atoms with van der Waals surface area (Å²) in [4.78, 5) is 25.0. The third-order valence-electron chi connectivity index (χ3n) is 3.47. The van der Waals surface area contributed by atoms with Gasteiger partial charge in [0.1, 0.15) is 0 Å². The summed E-state index contributed by atoms with van der Waals surface area (Å²) in [5.41, 5.74) is 8.47. The highest BCUT2D eigenvalue weighted by atomic mass is 16.2. The molecule has 20 heavy (non-hydrogen) atoms. The molecule has 0 radical (unpaired) electrons. The molecule has 1 aromatic rings. The molecule has 1 aromatic carbocycles. The second-order valence-corrected chi connectivity index (χ2v) is 5.33. The topological polar surface area (TPSA) is 75.4 Å². The Labute approximate surface area is 119 Å². The minimum atomic E-state index is -0.0244. The zero-order chi connectivity index (χ0) is 14.7. The summed E-state index contributed by atoms with van der Waals surface area (Å²) in [6.07, 6.45) is 1.93. The number of nitrogens with zero attached hydrogens (tertiary/aromatic N) is 1. The van der Waals surface area contributed by atoms with Crippen molar-refractivity contribution in [1.29, 1.82) is 0 Å². The van der Waals surface area contributed by atoms with Gasteiger partial charge in [-0.15, -0.1) is 0 Å². The van der Waals surface area contributed by atoms with Gasteiger partial charge in [-0.3, -0.25) is 9.59 Å². The molecule has 1 heterocycles. The number of nitrogens with one attached hydrogen (secondary N) is 1. The van der Waals surface area contributed by atoms with Crippen LogP contribution in [-0.2, 0) is 16.0 Å². The first-order valence-electron chi connectivity index (χ1n) is 6.94. The van der Waals surface area contributed by atoms with E-state index in [1.165, 1.54) is 0 Å². The highest BCUT2D eigenvalue weighted by molar-refractivity contribution is 5.95. The molecule has 0 saturated carbocycles. The van der Waals surface area contributed by atoms with Gasteiger partial charge in [0, 0.05) is 37.3 Å². The van der Waals surface area contributed by atoms with Crippen LogP contribution < -0.4 is 16.0 Å². The first kappa shape index (κ1) is 14.5. The molecule has 0 aromatic heterocycles. The van der Waals surface area contributed by atoms with Crippen LogP contribution in [0.4, 0.5) is 11.4 Å².